The molecule has 2 aliphatic carbocycles. The second-order valence-electron chi connectivity index (χ2n) is 14.5. The molecule has 11 rings (SSSR count). The van der Waals surface area contributed by atoms with Gasteiger partial charge in [0.15, 0.2) is 17.5 Å². The van der Waals surface area contributed by atoms with E-state index in [1.54, 1.807) is 18.3 Å². The molecule has 0 unspecified atom stereocenters. The molecule has 0 saturated heterocycles. The number of fused-ring (bicyclic) bond motifs is 12. The summed E-state index contributed by atoms with van der Waals surface area (Å²) in [5.74, 6) is 1.66. The highest BCUT2D eigenvalue weighted by molar-refractivity contribution is 5.98. The van der Waals surface area contributed by atoms with Crippen molar-refractivity contribution in [2.24, 2.45) is 0 Å². The number of nitrogens with zero attached hydrogens (tertiary/aromatic N) is 5. The summed E-state index contributed by atoms with van der Waals surface area (Å²) in [7, 11) is 0. The van der Waals surface area contributed by atoms with Crippen LogP contribution >= 0.6 is 0 Å². The average molecular weight is 726 g/mol. The Balaban J connectivity index is 1.16. The van der Waals surface area contributed by atoms with Crippen LogP contribution in [0.15, 0.2) is 188 Å². The molecule has 0 saturated carbocycles. The highest BCUT2D eigenvalue weighted by Crippen LogP contribution is 2.61. The van der Waals surface area contributed by atoms with Gasteiger partial charge in [0.2, 0.25) is 0 Å². The van der Waals surface area contributed by atoms with Crippen LogP contribution in [0.4, 0.5) is 0 Å². The molecule has 0 fully saturated rings. The average Bonchev–Trinajstić information content (AvgIpc) is 3.54. The Bertz CT molecular complexity index is 3030. The molecule has 0 bridgehead atoms. The van der Waals surface area contributed by atoms with E-state index in [2.05, 4.69) is 138 Å². The topological polar surface area (TPSA) is 75.3 Å². The number of pyridine rings is 1. The van der Waals surface area contributed by atoms with Gasteiger partial charge in [-0.2, -0.15) is 5.26 Å². The second kappa shape index (κ2) is 12.9. The van der Waals surface area contributed by atoms with Crippen molar-refractivity contribution in [3.05, 3.63) is 216 Å². The molecule has 7 aromatic carbocycles. The first-order valence-corrected chi connectivity index (χ1v) is 19.0. The van der Waals surface area contributed by atoms with E-state index in [1.165, 1.54) is 44.5 Å². The van der Waals surface area contributed by atoms with E-state index in [0.29, 0.717) is 23.0 Å². The third-order valence-electron chi connectivity index (χ3n) is 11.5. The first kappa shape index (κ1) is 32.6. The highest BCUT2D eigenvalue weighted by Gasteiger charge is 2.49. The predicted octanol–water partition coefficient (Wildman–Crippen LogP) is 11.8. The molecule has 2 aromatic heterocycles. The van der Waals surface area contributed by atoms with Crippen molar-refractivity contribution in [2.75, 3.05) is 0 Å². The van der Waals surface area contributed by atoms with Gasteiger partial charge in [-0.3, -0.25) is 4.98 Å². The summed E-state index contributed by atoms with van der Waals surface area (Å²) in [6.07, 6.45) is 1.80. The van der Waals surface area contributed by atoms with Crippen molar-refractivity contribution in [1.82, 2.24) is 19.9 Å². The summed E-state index contributed by atoms with van der Waals surface area (Å²) in [5, 5.41) is 9.52. The van der Waals surface area contributed by atoms with Gasteiger partial charge >= 0.3 is 0 Å². The Kier molecular flexibility index (Phi) is 7.38. The molecule has 264 valence electrons. The zero-order chi connectivity index (χ0) is 37.9. The minimum absolute atomic E-state index is 0.533. The van der Waals surface area contributed by atoms with E-state index in [-0.39, 0.29) is 0 Å². The van der Waals surface area contributed by atoms with Gasteiger partial charge in [0.25, 0.3) is 0 Å². The molecule has 1 spiro atoms. The smallest absolute Gasteiger partial charge is 0.164 e. The lowest BCUT2D eigenvalue weighted by atomic mass is 9.66. The van der Waals surface area contributed by atoms with Crippen molar-refractivity contribution in [1.29, 1.82) is 5.26 Å². The molecule has 57 heavy (non-hydrogen) atoms. The van der Waals surface area contributed by atoms with Crippen molar-refractivity contribution in [3.63, 3.8) is 0 Å². The summed E-state index contributed by atoms with van der Waals surface area (Å²) < 4.78 is 0. The molecular formula is C52H31N5. The van der Waals surface area contributed by atoms with E-state index >= 15 is 0 Å². The lowest BCUT2D eigenvalue weighted by molar-refractivity contribution is 0.775. The standard InChI is InChI=1S/C52H31N5/c53-32-33-20-22-35(23-21-33)49-55-50(36-26-24-34(25-27-36)48-19-9-10-30-54-48)57-51(56-49)37-28-29-47-43(31-37)39-12-2-1-11-38(39)40-13-3-6-16-44(40)52(47)45-17-7-4-14-41(45)42-15-5-8-18-46(42)52/h1-31H. The molecule has 0 amide bonds. The number of hydrogen-bond donors (Lipinski definition) is 0. The van der Waals surface area contributed by atoms with Gasteiger partial charge in [0.05, 0.1) is 22.7 Å². The van der Waals surface area contributed by atoms with Crippen molar-refractivity contribution < 1.29 is 0 Å². The van der Waals surface area contributed by atoms with Crippen molar-refractivity contribution >= 4 is 0 Å². The number of rotatable bonds is 4. The van der Waals surface area contributed by atoms with Crippen LogP contribution in [0.5, 0.6) is 0 Å². The minimum Gasteiger partial charge on any atom is -0.256 e. The van der Waals surface area contributed by atoms with Gasteiger partial charge in [0, 0.05) is 28.5 Å². The second-order valence-corrected chi connectivity index (χ2v) is 14.5. The Morgan fingerprint density at radius 3 is 1.33 bits per heavy atom. The van der Waals surface area contributed by atoms with E-state index in [9.17, 15) is 5.26 Å². The molecule has 2 aliphatic rings. The molecule has 2 heterocycles. The van der Waals surface area contributed by atoms with E-state index < -0.39 is 5.41 Å². The molecule has 0 radical (unpaired) electrons. The molecule has 0 aliphatic heterocycles. The van der Waals surface area contributed by atoms with Gasteiger partial charge < -0.3 is 0 Å². The van der Waals surface area contributed by atoms with E-state index in [1.807, 2.05) is 42.5 Å². The van der Waals surface area contributed by atoms with Crippen molar-refractivity contribution in [2.45, 2.75) is 5.41 Å². The van der Waals surface area contributed by atoms with Crippen molar-refractivity contribution in [3.8, 4) is 84.9 Å². The maximum Gasteiger partial charge on any atom is 0.164 e. The highest BCUT2D eigenvalue weighted by atomic mass is 15.0. The van der Waals surface area contributed by atoms with Gasteiger partial charge in [-0.05, 0) is 98.1 Å². The normalized spacial score (nSPS) is 12.7. The summed E-state index contributed by atoms with van der Waals surface area (Å²) in [5.41, 5.74) is 16.7. The fraction of sp³-hybridized carbons (Fsp3) is 0.0192. The van der Waals surface area contributed by atoms with E-state index in [4.69, 9.17) is 15.0 Å². The van der Waals surface area contributed by atoms with Crippen LogP contribution in [-0.2, 0) is 5.41 Å². The zero-order valence-electron chi connectivity index (χ0n) is 30.6. The quantitative estimate of drug-likeness (QED) is 0.181. The van der Waals surface area contributed by atoms with Gasteiger partial charge in [-0.15, -0.1) is 0 Å². The Morgan fingerprint density at radius 1 is 0.368 bits per heavy atom. The Hall–Kier alpha value is -7.81. The first-order chi connectivity index (χ1) is 28.2. The third kappa shape index (κ3) is 5.01. The fourth-order valence-corrected chi connectivity index (χ4v) is 8.97. The maximum atomic E-state index is 9.52. The summed E-state index contributed by atoms with van der Waals surface area (Å²) >= 11 is 0. The van der Waals surface area contributed by atoms with Crippen LogP contribution in [0.1, 0.15) is 27.8 Å². The van der Waals surface area contributed by atoms with Crippen LogP contribution in [0, 0.1) is 11.3 Å². The third-order valence-corrected chi connectivity index (χ3v) is 11.5. The first-order valence-electron chi connectivity index (χ1n) is 19.0. The fourth-order valence-electron chi connectivity index (χ4n) is 8.97. The Labute approximate surface area is 330 Å². The SMILES string of the molecule is N#Cc1ccc(-c2nc(-c3ccc(-c4ccccn4)cc3)nc(-c3ccc4c(c3)-c3ccccc3-c3ccccc3C43c4ccccc4-c4ccccc43)n2)cc1. The lowest BCUT2D eigenvalue weighted by Crippen LogP contribution is -2.29. The van der Waals surface area contributed by atoms with Crippen LogP contribution in [0.2, 0.25) is 0 Å². The molecule has 9 aromatic rings. The molecular weight excluding hydrogens is 695 g/mol. The largest absolute Gasteiger partial charge is 0.256 e. The summed E-state index contributed by atoms with van der Waals surface area (Å²) in [6, 6.07) is 65.9. The van der Waals surface area contributed by atoms with Gasteiger partial charge in [-0.1, -0.05) is 140 Å². The number of nitriles is 1. The monoisotopic (exact) mass is 725 g/mol. The van der Waals surface area contributed by atoms with Crippen LogP contribution in [0.25, 0.3) is 78.8 Å². The van der Waals surface area contributed by atoms with Gasteiger partial charge in [-0.25, -0.2) is 15.0 Å². The van der Waals surface area contributed by atoms with Crippen LogP contribution < -0.4 is 0 Å². The summed E-state index contributed by atoms with van der Waals surface area (Å²) in [6.45, 7) is 0. The molecule has 5 heteroatoms. The Morgan fingerprint density at radius 2 is 0.789 bits per heavy atom. The predicted molar refractivity (Wildman–Crippen MR) is 226 cm³/mol. The number of aromatic nitrogens is 4. The van der Waals surface area contributed by atoms with E-state index in [0.717, 1.165) is 39.1 Å². The minimum atomic E-state index is -0.566. The molecule has 0 atom stereocenters. The summed E-state index contributed by atoms with van der Waals surface area (Å²) in [4.78, 5) is 19.8. The maximum absolute atomic E-state index is 9.52. The number of benzene rings is 7. The van der Waals surface area contributed by atoms with Gasteiger partial charge in [0.1, 0.15) is 0 Å². The molecule has 5 nitrogen and oxygen atoms in total. The lowest BCUT2D eigenvalue weighted by Gasteiger charge is -2.35. The zero-order valence-corrected chi connectivity index (χ0v) is 30.6. The molecule has 0 N–H and O–H groups in total. The number of hydrogen-bond acceptors (Lipinski definition) is 5. The van der Waals surface area contributed by atoms with Crippen LogP contribution in [-0.4, -0.2) is 19.9 Å². The van der Waals surface area contributed by atoms with Crippen LogP contribution in [0.3, 0.4) is 0 Å².